The number of rotatable bonds is 4. The summed E-state index contributed by atoms with van der Waals surface area (Å²) in [6, 6.07) is 18.4. The van der Waals surface area contributed by atoms with Crippen molar-refractivity contribution in [2.45, 2.75) is 20.0 Å². The van der Waals surface area contributed by atoms with Gasteiger partial charge in [0.05, 0.1) is 11.6 Å². The van der Waals surface area contributed by atoms with Crippen molar-refractivity contribution in [1.29, 1.82) is 5.26 Å². The molecule has 0 amide bonds. The van der Waals surface area contributed by atoms with Crippen LogP contribution in [-0.4, -0.2) is 4.57 Å². The number of aromatic nitrogens is 2. The minimum atomic E-state index is 0.706. The molecule has 0 spiro atoms. The van der Waals surface area contributed by atoms with Crippen molar-refractivity contribution in [1.82, 2.24) is 4.57 Å². The molecule has 3 heteroatoms. The zero-order valence-corrected chi connectivity index (χ0v) is 12.6. The first-order chi connectivity index (χ1) is 10.7. The minimum Gasteiger partial charge on any atom is -0.233 e. The second kappa shape index (κ2) is 6.28. The molecule has 0 radical (unpaired) electrons. The predicted molar refractivity (Wildman–Crippen MR) is 85.2 cm³/mol. The molecule has 0 aliphatic heterocycles. The Bertz CT molecular complexity index is 824. The molecular weight excluding hydrogens is 270 g/mol. The molecule has 3 rings (SSSR count). The number of hydrogen-bond acceptors (Lipinski definition) is 1. The van der Waals surface area contributed by atoms with Gasteiger partial charge < -0.3 is 0 Å². The standard InChI is InChI=1S/C19H18N3/c1-16-5-2-3-8-19(16)14-22-10-9-21(15-22)13-18-7-4-6-17(11-18)12-20/h2-11,15H,13-14H2,1H3/q+1. The van der Waals surface area contributed by atoms with E-state index in [0.29, 0.717) is 5.56 Å². The number of hydrogen-bond donors (Lipinski definition) is 0. The monoisotopic (exact) mass is 288 g/mol. The van der Waals surface area contributed by atoms with Crippen LogP contribution in [0.3, 0.4) is 0 Å². The van der Waals surface area contributed by atoms with Crippen LogP contribution in [-0.2, 0) is 13.1 Å². The summed E-state index contributed by atoms with van der Waals surface area (Å²) in [6.07, 6.45) is 6.25. The van der Waals surface area contributed by atoms with E-state index >= 15 is 0 Å². The van der Waals surface area contributed by atoms with Gasteiger partial charge in [0.25, 0.3) is 0 Å². The van der Waals surface area contributed by atoms with Gasteiger partial charge in [-0.05, 0) is 35.7 Å². The molecule has 0 aliphatic carbocycles. The van der Waals surface area contributed by atoms with Crippen LogP contribution in [0, 0.1) is 18.3 Å². The third-order valence-corrected chi connectivity index (χ3v) is 3.78. The van der Waals surface area contributed by atoms with Crippen molar-refractivity contribution in [3.05, 3.63) is 89.5 Å². The van der Waals surface area contributed by atoms with Crippen molar-refractivity contribution < 1.29 is 4.57 Å². The first-order valence-corrected chi connectivity index (χ1v) is 7.33. The van der Waals surface area contributed by atoms with Crippen LogP contribution in [0.15, 0.2) is 67.3 Å². The van der Waals surface area contributed by atoms with Gasteiger partial charge in [-0.15, -0.1) is 0 Å². The van der Waals surface area contributed by atoms with Crippen LogP contribution >= 0.6 is 0 Å². The first kappa shape index (κ1) is 14.1. The molecule has 108 valence electrons. The fourth-order valence-corrected chi connectivity index (χ4v) is 2.56. The quantitative estimate of drug-likeness (QED) is 0.679. The van der Waals surface area contributed by atoms with Gasteiger partial charge >= 0.3 is 0 Å². The van der Waals surface area contributed by atoms with Crippen molar-refractivity contribution in [2.75, 3.05) is 0 Å². The zero-order chi connectivity index (χ0) is 15.4. The largest absolute Gasteiger partial charge is 0.244 e. The summed E-state index contributed by atoms with van der Waals surface area (Å²) in [7, 11) is 0. The van der Waals surface area contributed by atoms with Crippen LogP contribution in [0.1, 0.15) is 22.3 Å². The molecule has 1 heterocycles. The maximum absolute atomic E-state index is 8.96. The van der Waals surface area contributed by atoms with Crippen LogP contribution < -0.4 is 4.57 Å². The number of nitrogens with zero attached hydrogens (tertiary/aromatic N) is 3. The van der Waals surface area contributed by atoms with E-state index in [0.717, 1.165) is 18.7 Å². The molecule has 0 unspecified atom stereocenters. The Labute approximate surface area is 130 Å². The lowest BCUT2D eigenvalue weighted by atomic mass is 10.1. The highest BCUT2D eigenvalue weighted by Gasteiger charge is 2.07. The molecule has 2 aromatic carbocycles. The molecule has 0 saturated carbocycles. The maximum Gasteiger partial charge on any atom is 0.244 e. The second-order valence-electron chi connectivity index (χ2n) is 5.50. The summed E-state index contributed by atoms with van der Waals surface area (Å²) in [5, 5.41) is 8.96. The van der Waals surface area contributed by atoms with Crippen LogP contribution in [0.4, 0.5) is 0 Å². The maximum atomic E-state index is 8.96. The van der Waals surface area contributed by atoms with Gasteiger partial charge in [-0.3, -0.25) is 0 Å². The topological polar surface area (TPSA) is 32.6 Å². The van der Waals surface area contributed by atoms with Crippen molar-refractivity contribution in [3.8, 4) is 6.07 Å². The number of imidazole rings is 1. The normalized spacial score (nSPS) is 10.4. The van der Waals surface area contributed by atoms with E-state index in [2.05, 4.69) is 65.1 Å². The fourth-order valence-electron chi connectivity index (χ4n) is 2.56. The molecule has 3 aromatic rings. The second-order valence-corrected chi connectivity index (χ2v) is 5.50. The molecule has 1 aromatic heterocycles. The van der Waals surface area contributed by atoms with Gasteiger partial charge in [0, 0.05) is 0 Å². The summed E-state index contributed by atoms with van der Waals surface area (Å²) in [6.45, 7) is 3.79. The fraction of sp³-hybridized carbons (Fsp3) is 0.158. The van der Waals surface area contributed by atoms with E-state index in [-0.39, 0.29) is 0 Å². The van der Waals surface area contributed by atoms with Crippen LogP contribution in [0.2, 0.25) is 0 Å². The third kappa shape index (κ3) is 3.24. The summed E-state index contributed by atoms with van der Waals surface area (Å²) < 4.78 is 4.31. The van der Waals surface area contributed by atoms with Crippen molar-refractivity contribution in [2.24, 2.45) is 0 Å². The third-order valence-electron chi connectivity index (χ3n) is 3.78. The van der Waals surface area contributed by atoms with Gasteiger partial charge in [0.1, 0.15) is 25.5 Å². The highest BCUT2D eigenvalue weighted by atomic mass is 15.1. The van der Waals surface area contributed by atoms with E-state index in [9.17, 15) is 0 Å². The first-order valence-electron chi connectivity index (χ1n) is 7.33. The van der Waals surface area contributed by atoms with Crippen molar-refractivity contribution >= 4 is 0 Å². The van der Waals surface area contributed by atoms with Crippen LogP contribution in [0.25, 0.3) is 0 Å². The molecule has 0 saturated heterocycles. The zero-order valence-electron chi connectivity index (χ0n) is 12.6. The lowest BCUT2D eigenvalue weighted by Crippen LogP contribution is -2.31. The minimum absolute atomic E-state index is 0.706. The van der Waals surface area contributed by atoms with E-state index < -0.39 is 0 Å². The highest BCUT2D eigenvalue weighted by Crippen LogP contribution is 2.09. The Morgan fingerprint density at radius 3 is 2.82 bits per heavy atom. The molecule has 0 N–H and O–H groups in total. The number of benzene rings is 2. The molecular formula is C19H18N3+. The summed E-state index contributed by atoms with van der Waals surface area (Å²) in [4.78, 5) is 0. The number of aryl methyl sites for hydroxylation is 1. The predicted octanol–water partition coefficient (Wildman–Crippen LogP) is 3.05. The van der Waals surface area contributed by atoms with E-state index in [1.54, 1.807) is 0 Å². The summed E-state index contributed by atoms with van der Waals surface area (Å²) in [5.74, 6) is 0. The molecule has 0 aliphatic rings. The average Bonchev–Trinajstić information content (AvgIpc) is 2.97. The van der Waals surface area contributed by atoms with E-state index in [1.807, 2.05) is 24.3 Å². The Balaban J connectivity index is 1.74. The van der Waals surface area contributed by atoms with Crippen LogP contribution in [0.5, 0.6) is 0 Å². The smallest absolute Gasteiger partial charge is 0.233 e. The Kier molecular flexibility index (Phi) is 4.02. The number of nitriles is 1. The van der Waals surface area contributed by atoms with Gasteiger partial charge in [-0.25, -0.2) is 9.13 Å². The summed E-state index contributed by atoms with van der Waals surface area (Å²) in [5.41, 5.74) is 4.48. The molecule has 0 atom stereocenters. The average molecular weight is 288 g/mol. The molecule has 22 heavy (non-hydrogen) atoms. The van der Waals surface area contributed by atoms with Gasteiger partial charge in [0.15, 0.2) is 0 Å². The Morgan fingerprint density at radius 1 is 1.14 bits per heavy atom. The van der Waals surface area contributed by atoms with E-state index in [4.69, 9.17) is 5.26 Å². The highest BCUT2D eigenvalue weighted by molar-refractivity contribution is 5.32. The SMILES string of the molecule is Cc1ccccc1Cn1cc[n+](Cc2cccc(C#N)c2)c1. The van der Waals surface area contributed by atoms with Crippen molar-refractivity contribution in [3.63, 3.8) is 0 Å². The Hall–Kier alpha value is -2.86. The Morgan fingerprint density at radius 2 is 2.00 bits per heavy atom. The lowest BCUT2D eigenvalue weighted by molar-refractivity contribution is -0.687. The van der Waals surface area contributed by atoms with Gasteiger partial charge in [-0.1, -0.05) is 36.4 Å². The van der Waals surface area contributed by atoms with Gasteiger partial charge in [-0.2, -0.15) is 5.26 Å². The van der Waals surface area contributed by atoms with Gasteiger partial charge in [0.2, 0.25) is 6.33 Å². The van der Waals surface area contributed by atoms with E-state index in [1.165, 1.54) is 11.1 Å². The summed E-state index contributed by atoms with van der Waals surface area (Å²) >= 11 is 0. The molecule has 0 bridgehead atoms. The lowest BCUT2D eigenvalue weighted by Gasteiger charge is -2.02. The molecule has 3 nitrogen and oxygen atoms in total. The molecule has 0 fully saturated rings.